The Morgan fingerprint density at radius 2 is 1.85 bits per heavy atom. The maximum absolute atomic E-state index is 8.60. The third-order valence-corrected chi connectivity index (χ3v) is 5.67. The van der Waals surface area contributed by atoms with Crippen molar-refractivity contribution in [2.75, 3.05) is 19.0 Å². The lowest BCUT2D eigenvalue weighted by atomic mass is 10.2. The number of nitriles is 1. The van der Waals surface area contributed by atoms with Crippen molar-refractivity contribution in [2.45, 2.75) is 56.0 Å². The molecule has 148 valence electrons. The van der Waals surface area contributed by atoms with Gasteiger partial charge in [0.05, 0.1) is 6.07 Å². The van der Waals surface area contributed by atoms with Crippen LogP contribution in [0.15, 0.2) is 58.9 Å². The Kier molecular flexibility index (Phi) is 15.0. The number of ether oxygens (including phenoxy) is 2. The smallest absolute Gasteiger partial charge is 0.166 e. The topological polar surface area (TPSA) is 42.2 Å². The van der Waals surface area contributed by atoms with Crippen LogP contribution in [0.25, 0.3) is 0 Å². The summed E-state index contributed by atoms with van der Waals surface area (Å²) in [6.45, 7) is 5.31. The number of allylic oxidation sites excluding steroid dienone is 2. The second-order valence-electron chi connectivity index (χ2n) is 5.73. The molecule has 0 heterocycles. The summed E-state index contributed by atoms with van der Waals surface area (Å²) in [5.41, 5.74) is 0. The highest BCUT2D eigenvalue weighted by Gasteiger charge is 2.12. The molecule has 27 heavy (non-hydrogen) atoms. The summed E-state index contributed by atoms with van der Waals surface area (Å²) in [4.78, 5) is 1.24. The van der Waals surface area contributed by atoms with Gasteiger partial charge in [0.1, 0.15) is 0 Å². The van der Waals surface area contributed by atoms with Crippen molar-refractivity contribution in [3.05, 3.63) is 54.0 Å². The lowest BCUT2D eigenvalue weighted by Gasteiger charge is -2.19. The molecule has 0 bridgehead atoms. The molecule has 1 aromatic carbocycles. The van der Waals surface area contributed by atoms with Crippen molar-refractivity contribution < 1.29 is 9.47 Å². The van der Waals surface area contributed by atoms with E-state index < -0.39 is 0 Å². The van der Waals surface area contributed by atoms with Crippen LogP contribution in [0, 0.1) is 11.3 Å². The van der Waals surface area contributed by atoms with Crippen LogP contribution in [0.2, 0.25) is 0 Å². The molecule has 0 saturated heterocycles. The van der Waals surface area contributed by atoms with Crippen molar-refractivity contribution in [1.82, 2.24) is 0 Å². The summed E-state index contributed by atoms with van der Waals surface area (Å²) in [6, 6.07) is 12.6. The second kappa shape index (κ2) is 16.9. The van der Waals surface area contributed by atoms with Crippen molar-refractivity contribution in [1.29, 1.82) is 5.26 Å². The Labute approximate surface area is 173 Å². The first-order chi connectivity index (χ1) is 13.3. The van der Waals surface area contributed by atoms with Crippen molar-refractivity contribution in [3.63, 3.8) is 0 Å². The Hall–Kier alpha value is -1.19. The largest absolute Gasteiger partial charge is 0.352 e. The molecule has 0 radical (unpaired) electrons. The lowest BCUT2D eigenvalue weighted by Crippen LogP contribution is -2.21. The standard InChI is InChI=1S/C22H31NO2S2/c1-3-24-22(25-4-2)19-27-21(15-9-6-5-7-12-17-23)16-18-26-20-13-10-8-11-14-20/h6,8-11,13-14,16,18,21-22H,3-5,7,12,15,19H2,1-2H3/b9-6+,18-16+. The molecule has 0 aliphatic rings. The first kappa shape index (κ1) is 23.8. The number of unbranched alkanes of at least 4 members (excludes halogenated alkanes) is 2. The average Bonchev–Trinajstić information content (AvgIpc) is 2.69. The van der Waals surface area contributed by atoms with Gasteiger partial charge in [0.15, 0.2) is 6.29 Å². The third-order valence-electron chi connectivity index (χ3n) is 3.59. The minimum atomic E-state index is -0.151. The summed E-state index contributed by atoms with van der Waals surface area (Å²) in [5, 5.41) is 11.1. The van der Waals surface area contributed by atoms with E-state index in [0.717, 1.165) is 25.0 Å². The van der Waals surface area contributed by atoms with Gasteiger partial charge in [-0.2, -0.15) is 5.26 Å². The monoisotopic (exact) mass is 405 g/mol. The van der Waals surface area contributed by atoms with Gasteiger partial charge in [0.2, 0.25) is 0 Å². The zero-order valence-electron chi connectivity index (χ0n) is 16.4. The maximum atomic E-state index is 8.60. The highest BCUT2D eigenvalue weighted by Crippen LogP contribution is 2.24. The third kappa shape index (κ3) is 12.8. The van der Waals surface area contributed by atoms with Gasteiger partial charge in [0.25, 0.3) is 0 Å². The van der Waals surface area contributed by atoms with Crippen LogP contribution in [-0.4, -0.2) is 30.5 Å². The van der Waals surface area contributed by atoms with E-state index in [1.54, 1.807) is 11.8 Å². The molecular weight excluding hydrogens is 374 g/mol. The fourth-order valence-electron chi connectivity index (χ4n) is 2.27. The van der Waals surface area contributed by atoms with E-state index in [2.05, 4.69) is 54.0 Å². The summed E-state index contributed by atoms with van der Waals surface area (Å²) >= 11 is 3.60. The highest BCUT2D eigenvalue weighted by molar-refractivity contribution is 8.02. The first-order valence-corrected chi connectivity index (χ1v) is 11.5. The van der Waals surface area contributed by atoms with Gasteiger partial charge >= 0.3 is 0 Å². The zero-order chi connectivity index (χ0) is 19.6. The Morgan fingerprint density at radius 3 is 2.52 bits per heavy atom. The number of nitrogens with zero attached hydrogens (tertiary/aromatic N) is 1. The van der Waals surface area contributed by atoms with Crippen LogP contribution in [0.4, 0.5) is 0 Å². The van der Waals surface area contributed by atoms with Gasteiger partial charge in [-0.05, 0) is 50.7 Å². The maximum Gasteiger partial charge on any atom is 0.166 e. The summed E-state index contributed by atoms with van der Waals surface area (Å²) in [7, 11) is 0. The quantitative estimate of drug-likeness (QED) is 0.145. The van der Waals surface area contributed by atoms with E-state index in [1.807, 2.05) is 31.7 Å². The van der Waals surface area contributed by atoms with E-state index in [9.17, 15) is 0 Å². The number of rotatable bonds is 15. The normalized spacial score (nSPS) is 12.8. The van der Waals surface area contributed by atoms with E-state index >= 15 is 0 Å². The van der Waals surface area contributed by atoms with Crippen LogP contribution < -0.4 is 0 Å². The molecule has 0 aromatic heterocycles. The number of hydrogen-bond donors (Lipinski definition) is 0. The fourth-order valence-corrected chi connectivity index (χ4v) is 4.14. The molecule has 3 nitrogen and oxygen atoms in total. The summed E-state index contributed by atoms with van der Waals surface area (Å²) < 4.78 is 11.3. The van der Waals surface area contributed by atoms with Gasteiger partial charge in [-0.15, -0.1) is 11.8 Å². The van der Waals surface area contributed by atoms with Gasteiger partial charge in [0, 0.05) is 35.5 Å². The Balaban J connectivity index is 2.54. The molecule has 1 atom stereocenters. The number of thioether (sulfide) groups is 2. The van der Waals surface area contributed by atoms with Crippen molar-refractivity contribution >= 4 is 23.5 Å². The number of benzene rings is 1. The van der Waals surface area contributed by atoms with E-state index in [-0.39, 0.29) is 6.29 Å². The van der Waals surface area contributed by atoms with Crippen LogP contribution in [0.3, 0.4) is 0 Å². The Bertz CT molecular complexity index is 563. The predicted molar refractivity (Wildman–Crippen MR) is 118 cm³/mol. The minimum Gasteiger partial charge on any atom is -0.352 e. The summed E-state index contributed by atoms with van der Waals surface area (Å²) in [5.74, 6) is 0.814. The second-order valence-corrected chi connectivity index (χ2v) is 7.98. The molecule has 0 amide bonds. The molecule has 0 saturated carbocycles. The average molecular weight is 406 g/mol. The van der Waals surface area contributed by atoms with Crippen molar-refractivity contribution in [3.8, 4) is 6.07 Å². The molecule has 1 unspecified atom stereocenters. The lowest BCUT2D eigenvalue weighted by molar-refractivity contribution is -0.120. The molecular formula is C22H31NO2S2. The molecule has 0 aliphatic heterocycles. The predicted octanol–water partition coefficient (Wildman–Crippen LogP) is 6.43. The van der Waals surface area contributed by atoms with E-state index in [0.29, 0.717) is 24.9 Å². The van der Waals surface area contributed by atoms with Gasteiger partial charge in [-0.3, -0.25) is 0 Å². The SMILES string of the molecule is CCOC(CSC(/C=C/Sc1ccccc1)C/C=C/CCCC#N)OCC. The fraction of sp³-hybridized carbons (Fsp3) is 0.500. The molecule has 1 aromatic rings. The molecule has 0 aliphatic carbocycles. The number of hydrogen-bond acceptors (Lipinski definition) is 5. The van der Waals surface area contributed by atoms with Gasteiger partial charge < -0.3 is 9.47 Å². The van der Waals surface area contributed by atoms with Gasteiger partial charge in [-0.1, -0.05) is 48.2 Å². The van der Waals surface area contributed by atoms with Crippen LogP contribution >= 0.6 is 23.5 Å². The van der Waals surface area contributed by atoms with E-state index in [1.165, 1.54) is 4.90 Å². The molecule has 0 N–H and O–H groups in total. The molecule has 0 fully saturated rings. The van der Waals surface area contributed by atoms with Crippen LogP contribution in [0.5, 0.6) is 0 Å². The van der Waals surface area contributed by atoms with Crippen LogP contribution in [-0.2, 0) is 9.47 Å². The minimum absolute atomic E-state index is 0.151. The van der Waals surface area contributed by atoms with E-state index in [4.69, 9.17) is 14.7 Å². The van der Waals surface area contributed by atoms with Crippen LogP contribution in [0.1, 0.15) is 39.5 Å². The Morgan fingerprint density at radius 1 is 1.11 bits per heavy atom. The zero-order valence-corrected chi connectivity index (χ0v) is 18.0. The van der Waals surface area contributed by atoms with Crippen molar-refractivity contribution in [2.24, 2.45) is 0 Å². The molecule has 0 spiro atoms. The van der Waals surface area contributed by atoms with Gasteiger partial charge in [-0.25, -0.2) is 0 Å². The highest BCUT2D eigenvalue weighted by atomic mass is 32.2. The summed E-state index contributed by atoms with van der Waals surface area (Å²) in [6.07, 6.45) is 10.0. The first-order valence-electron chi connectivity index (χ1n) is 9.55. The molecule has 1 rings (SSSR count). The molecule has 5 heteroatoms.